The van der Waals surface area contributed by atoms with Crippen LogP contribution >= 0.6 is 35.0 Å². The van der Waals surface area contributed by atoms with E-state index in [4.69, 9.17) is 23.2 Å². The van der Waals surface area contributed by atoms with E-state index in [0.717, 1.165) is 28.8 Å². The van der Waals surface area contributed by atoms with Gasteiger partial charge in [0.25, 0.3) is 11.5 Å². The van der Waals surface area contributed by atoms with Gasteiger partial charge in [-0.25, -0.2) is 4.98 Å². The molecule has 0 unspecified atom stereocenters. The first-order valence-electron chi connectivity index (χ1n) is 12.2. The summed E-state index contributed by atoms with van der Waals surface area (Å²) in [5.41, 5.74) is -0.210. The highest BCUT2D eigenvalue weighted by molar-refractivity contribution is 7.98. The van der Waals surface area contributed by atoms with Gasteiger partial charge < -0.3 is 10.6 Å². The van der Waals surface area contributed by atoms with Crippen molar-refractivity contribution >= 4 is 69.2 Å². The molecular weight excluding hydrogens is 610 g/mol. The van der Waals surface area contributed by atoms with Crippen molar-refractivity contribution in [2.24, 2.45) is 7.05 Å². The highest BCUT2D eigenvalue weighted by Gasteiger charge is 2.31. The molecule has 2 heterocycles. The summed E-state index contributed by atoms with van der Waals surface area (Å²) in [7, 11) is 1.54. The number of alkyl halides is 3. The number of benzene rings is 3. The van der Waals surface area contributed by atoms with E-state index in [0.29, 0.717) is 17.0 Å². The van der Waals surface area contributed by atoms with Crippen LogP contribution in [-0.4, -0.2) is 26.7 Å². The molecule has 5 aromatic rings. The number of pyridine rings is 1. The summed E-state index contributed by atoms with van der Waals surface area (Å²) in [4.78, 5) is 36.3. The highest BCUT2D eigenvalue weighted by Crippen LogP contribution is 2.39. The minimum atomic E-state index is -4.61. The fourth-order valence-corrected chi connectivity index (χ4v) is 5.32. The SMILES string of the molecule is CSc1cccc(Nc2ncc3cc(-c4c(Cl)ccc(NC(=O)c5cccc(C(F)(F)F)c5)c4Cl)c(=O)n(C)c3n2)c1. The summed E-state index contributed by atoms with van der Waals surface area (Å²) >= 11 is 14.7. The number of hydrogen-bond donors (Lipinski definition) is 2. The van der Waals surface area contributed by atoms with Crippen molar-refractivity contribution in [2.75, 3.05) is 16.9 Å². The lowest BCUT2D eigenvalue weighted by Crippen LogP contribution is -2.20. The molecule has 3 aromatic carbocycles. The zero-order valence-electron chi connectivity index (χ0n) is 21.9. The van der Waals surface area contributed by atoms with Crippen molar-refractivity contribution < 1.29 is 18.0 Å². The van der Waals surface area contributed by atoms with Crippen LogP contribution in [0, 0.1) is 0 Å². The van der Waals surface area contributed by atoms with Crippen molar-refractivity contribution in [3.05, 3.63) is 104 Å². The summed E-state index contributed by atoms with van der Waals surface area (Å²) in [5, 5.41) is 6.23. The first-order chi connectivity index (χ1) is 20.0. The Labute approximate surface area is 251 Å². The Kier molecular flexibility index (Phi) is 8.18. The van der Waals surface area contributed by atoms with Crippen LogP contribution in [0.4, 0.5) is 30.5 Å². The van der Waals surface area contributed by atoms with E-state index in [1.165, 1.54) is 22.8 Å². The Morgan fingerprint density at radius 1 is 1.02 bits per heavy atom. The molecule has 0 aliphatic rings. The van der Waals surface area contributed by atoms with E-state index < -0.39 is 23.2 Å². The van der Waals surface area contributed by atoms with E-state index in [1.807, 2.05) is 30.5 Å². The maximum Gasteiger partial charge on any atom is 0.416 e. The van der Waals surface area contributed by atoms with Gasteiger partial charge in [0.1, 0.15) is 5.65 Å². The molecule has 2 N–H and O–H groups in total. The van der Waals surface area contributed by atoms with Crippen molar-refractivity contribution in [3.63, 3.8) is 0 Å². The maximum atomic E-state index is 13.5. The number of nitrogens with zero attached hydrogens (tertiary/aromatic N) is 3. The Morgan fingerprint density at radius 3 is 2.52 bits per heavy atom. The zero-order chi connectivity index (χ0) is 30.2. The average molecular weight is 630 g/mol. The number of rotatable bonds is 6. The standard InChI is InChI=1S/C29H20Cl2F3N5O2S/c1-39-25-16(14-35-28(38-25)36-18-7-4-8-19(13-18)42-2)12-20(27(39)41)23-21(30)9-10-22(24(23)31)37-26(40)15-5-3-6-17(11-15)29(32,33)34/h3-14H,1-2H3,(H,37,40)(H,35,36,38). The molecular formula is C29H20Cl2F3N5O2S. The number of aromatic nitrogens is 3. The average Bonchev–Trinajstić information content (AvgIpc) is 2.97. The van der Waals surface area contributed by atoms with E-state index >= 15 is 0 Å². The van der Waals surface area contributed by atoms with Gasteiger partial charge in [-0.2, -0.15) is 18.2 Å². The van der Waals surface area contributed by atoms with E-state index in [9.17, 15) is 22.8 Å². The van der Waals surface area contributed by atoms with Crippen LogP contribution in [0.15, 0.2) is 82.6 Å². The summed E-state index contributed by atoms with van der Waals surface area (Å²) in [5.74, 6) is -0.530. The molecule has 0 aliphatic heterocycles. The molecule has 0 saturated carbocycles. The molecule has 0 aliphatic carbocycles. The third kappa shape index (κ3) is 5.94. The second kappa shape index (κ2) is 11.7. The van der Waals surface area contributed by atoms with Gasteiger partial charge in [-0.1, -0.05) is 35.3 Å². The lowest BCUT2D eigenvalue weighted by atomic mass is 10.0. The van der Waals surface area contributed by atoms with Crippen molar-refractivity contribution in [3.8, 4) is 11.1 Å². The van der Waals surface area contributed by atoms with Gasteiger partial charge in [0.05, 0.1) is 26.9 Å². The van der Waals surface area contributed by atoms with Crippen molar-refractivity contribution in [1.29, 1.82) is 0 Å². The van der Waals surface area contributed by atoms with Gasteiger partial charge >= 0.3 is 6.18 Å². The van der Waals surface area contributed by atoms with Crippen LogP contribution in [0.3, 0.4) is 0 Å². The smallest absolute Gasteiger partial charge is 0.324 e. The Bertz CT molecular complexity index is 1910. The number of carbonyl (C=O) groups excluding carboxylic acids is 1. The first-order valence-corrected chi connectivity index (χ1v) is 14.2. The zero-order valence-corrected chi connectivity index (χ0v) is 24.2. The van der Waals surface area contributed by atoms with Crippen LogP contribution in [0.25, 0.3) is 22.2 Å². The van der Waals surface area contributed by atoms with Crippen molar-refractivity contribution in [1.82, 2.24) is 14.5 Å². The fourth-order valence-electron chi connectivity index (χ4n) is 4.24. The van der Waals surface area contributed by atoms with Crippen molar-refractivity contribution in [2.45, 2.75) is 11.1 Å². The van der Waals surface area contributed by atoms with Gasteiger partial charge in [-0.05, 0) is 60.9 Å². The molecule has 13 heteroatoms. The maximum absolute atomic E-state index is 13.5. The molecule has 0 fully saturated rings. The second-order valence-corrected chi connectivity index (χ2v) is 10.7. The van der Waals surface area contributed by atoms with E-state index in [-0.39, 0.29) is 32.4 Å². The number of thioether (sulfide) groups is 1. The minimum Gasteiger partial charge on any atom is -0.324 e. The van der Waals surface area contributed by atoms with Gasteiger partial charge in [0.15, 0.2) is 0 Å². The largest absolute Gasteiger partial charge is 0.416 e. The van der Waals surface area contributed by atoms with Gasteiger partial charge in [0.2, 0.25) is 5.95 Å². The predicted octanol–water partition coefficient (Wildman–Crippen LogP) is 8.04. The number of aryl methyl sites for hydroxylation is 1. The summed E-state index contributed by atoms with van der Waals surface area (Å²) in [6.07, 6.45) is -1.10. The highest BCUT2D eigenvalue weighted by atomic mass is 35.5. The van der Waals surface area contributed by atoms with E-state index in [2.05, 4.69) is 20.6 Å². The number of hydrogen-bond acceptors (Lipinski definition) is 6. The minimum absolute atomic E-state index is 0.0592. The Morgan fingerprint density at radius 2 is 1.79 bits per heavy atom. The Balaban J connectivity index is 1.50. The third-order valence-electron chi connectivity index (χ3n) is 6.34. The summed E-state index contributed by atoms with van der Waals surface area (Å²) < 4.78 is 40.7. The fraction of sp³-hybridized carbons (Fsp3) is 0.103. The van der Waals surface area contributed by atoms with Crippen LogP contribution in [0.1, 0.15) is 15.9 Å². The van der Waals surface area contributed by atoms with Crippen LogP contribution in [-0.2, 0) is 13.2 Å². The first kappa shape index (κ1) is 29.4. The normalized spacial score (nSPS) is 11.5. The van der Waals surface area contributed by atoms with Gasteiger partial charge in [-0.3, -0.25) is 14.2 Å². The third-order valence-corrected chi connectivity index (χ3v) is 7.77. The van der Waals surface area contributed by atoms with Crippen LogP contribution in [0.5, 0.6) is 0 Å². The van der Waals surface area contributed by atoms with Gasteiger partial charge in [-0.15, -0.1) is 11.8 Å². The topological polar surface area (TPSA) is 88.9 Å². The molecule has 5 rings (SSSR count). The Hall–Kier alpha value is -4.06. The quantitative estimate of drug-likeness (QED) is 0.185. The molecule has 1 amide bonds. The molecule has 0 atom stereocenters. The predicted molar refractivity (Wildman–Crippen MR) is 161 cm³/mol. The number of fused-ring (bicyclic) bond motifs is 1. The lowest BCUT2D eigenvalue weighted by molar-refractivity contribution is -0.137. The number of anilines is 3. The number of halogens is 5. The summed E-state index contributed by atoms with van der Waals surface area (Å²) in [6.45, 7) is 0. The molecule has 0 radical (unpaired) electrons. The van der Waals surface area contributed by atoms with E-state index in [1.54, 1.807) is 31.1 Å². The molecule has 0 saturated heterocycles. The molecule has 0 spiro atoms. The van der Waals surface area contributed by atoms with Gasteiger partial charge in [0, 0.05) is 40.3 Å². The van der Waals surface area contributed by atoms with Crippen LogP contribution in [0.2, 0.25) is 10.0 Å². The lowest BCUT2D eigenvalue weighted by Gasteiger charge is -2.15. The summed E-state index contributed by atoms with van der Waals surface area (Å²) in [6, 6.07) is 16.1. The second-order valence-electron chi connectivity index (χ2n) is 9.07. The molecule has 7 nitrogen and oxygen atoms in total. The molecule has 214 valence electrons. The number of carbonyl (C=O) groups is 1. The molecule has 2 aromatic heterocycles. The molecule has 42 heavy (non-hydrogen) atoms. The number of nitrogens with one attached hydrogen (secondary N) is 2. The molecule has 0 bridgehead atoms. The number of amides is 1. The van der Waals surface area contributed by atoms with Crippen LogP contribution < -0.4 is 16.2 Å². The monoisotopic (exact) mass is 629 g/mol.